The summed E-state index contributed by atoms with van der Waals surface area (Å²) in [4.78, 5) is 26.2. The monoisotopic (exact) mass is 336 g/mol. The van der Waals surface area contributed by atoms with E-state index >= 15 is 0 Å². The first-order chi connectivity index (χ1) is 11.7. The van der Waals surface area contributed by atoms with Crippen molar-refractivity contribution in [2.24, 2.45) is 0 Å². The van der Waals surface area contributed by atoms with E-state index in [1.54, 1.807) is 4.90 Å². The van der Waals surface area contributed by atoms with Crippen LogP contribution in [0.2, 0.25) is 0 Å². The minimum atomic E-state index is -0.220. The number of amides is 2. The highest BCUT2D eigenvalue weighted by Crippen LogP contribution is 2.20. The Bertz CT molecular complexity index is 595. The Morgan fingerprint density at radius 1 is 1.50 bits per heavy atom. The van der Waals surface area contributed by atoms with E-state index in [4.69, 9.17) is 9.47 Å². The maximum absolute atomic E-state index is 12.4. The van der Waals surface area contributed by atoms with Gasteiger partial charge in [-0.15, -0.1) is 0 Å². The molecule has 3 rings (SSSR count). The molecule has 1 atom stereocenters. The number of aromatic amines is 1. The van der Waals surface area contributed by atoms with Gasteiger partial charge in [0.15, 0.2) is 5.69 Å². The van der Waals surface area contributed by atoms with Crippen molar-refractivity contribution in [3.8, 4) is 0 Å². The Labute approximate surface area is 140 Å². The predicted octanol–water partition coefficient (Wildman–Crippen LogP) is 0.240. The topological polar surface area (TPSA) is 96.5 Å². The largest absolute Gasteiger partial charge is 0.376 e. The van der Waals surface area contributed by atoms with Crippen LogP contribution in [0.4, 0.5) is 0 Å². The lowest BCUT2D eigenvalue weighted by molar-refractivity contribution is -0.136. The summed E-state index contributed by atoms with van der Waals surface area (Å²) >= 11 is 0. The van der Waals surface area contributed by atoms with Crippen molar-refractivity contribution in [1.82, 2.24) is 20.4 Å². The van der Waals surface area contributed by atoms with Crippen LogP contribution in [0.15, 0.2) is 0 Å². The Morgan fingerprint density at radius 2 is 2.38 bits per heavy atom. The van der Waals surface area contributed by atoms with Crippen molar-refractivity contribution in [2.75, 3.05) is 32.9 Å². The molecule has 1 aromatic heterocycles. The second-order valence-corrected chi connectivity index (χ2v) is 6.08. The van der Waals surface area contributed by atoms with Gasteiger partial charge in [0.05, 0.1) is 6.10 Å². The minimum Gasteiger partial charge on any atom is -0.376 e. The molecule has 0 bridgehead atoms. The van der Waals surface area contributed by atoms with Gasteiger partial charge in [0.1, 0.15) is 6.61 Å². The molecule has 2 aliphatic rings. The summed E-state index contributed by atoms with van der Waals surface area (Å²) in [5.41, 5.74) is 2.10. The number of ether oxygens (including phenoxy) is 2. The zero-order valence-electron chi connectivity index (χ0n) is 14.0. The van der Waals surface area contributed by atoms with Crippen LogP contribution in [0, 0.1) is 0 Å². The SMILES string of the molecule is CCOCC(=O)N1CCc2[nH]nc(C(=O)NCC3CCCO3)c2C1. The molecule has 0 saturated carbocycles. The molecule has 2 N–H and O–H groups in total. The Morgan fingerprint density at radius 3 is 3.12 bits per heavy atom. The Kier molecular flexibility index (Phi) is 5.47. The molecule has 132 valence electrons. The molecule has 1 fully saturated rings. The summed E-state index contributed by atoms with van der Waals surface area (Å²) < 4.78 is 10.7. The molecule has 0 radical (unpaired) electrons. The molecule has 3 heterocycles. The van der Waals surface area contributed by atoms with Crippen LogP contribution < -0.4 is 5.32 Å². The first-order valence-corrected chi connectivity index (χ1v) is 8.50. The molecule has 24 heavy (non-hydrogen) atoms. The van der Waals surface area contributed by atoms with E-state index in [0.717, 1.165) is 30.7 Å². The molecule has 0 aliphatic carbocycles. The summed E-state index contributed by atoms with van der Waals surface area (Å²) in [6.45, 7) is 4.69. The average Bonchev–Trinajstić information content (AvgIpc) is 3.26. The summed E-state index contributed by atoms with van der Waals surface area (Å²) in [7, 11) is 0. The van der Waals surface area contributed by atoms with E-state index in [9.17, 15) is 9.59 Å². The molecular formula is C16H24N4O4. The van der Waals surface area contributed by atoms with Gasteiger partial charge in [-0.3, -0.25) is 14.7 Å². The van der Waals surface area contributed by atoms with Gasteiger partial charge >= 0.3 is 0 Å². The minimum absolute atomic E-state index is 0.0607. The van der Waals surface area contributed by atoms with Crippen molar-refractivity contribution >= 4 is 11.8 Å². The Balaban J connectivity index is 1.61. The normalized spacial score (nSPS) is 20.0. The highest BCUT2D eigenvalue weighted by molar-refractivity contribution is 5.94. The molecular weight excluding hydrogens is 312 g/mol. The molecule has 0 aromatic carbocycles. The van der Waals surface area contributed by atoms with Crippen LogP contribution in [0.1, 0.15) is 41.5 Å². The van der Waals surface area contributed by atoms with Gasteiger partial charge in [0, 0.05) is 50.5 Å². The van der Waals surface area contributed by atoms with Gasteiger partial charge in [-0.1, -0.05) is 0 Å². The fourth-order valence-electron chi connectivity index (χ4n) is 3.07. The summed E-state index contributed by atoms with van der Waals surface area (Å²) in [6, 6.07) is 0. The zero-order valence-corrected chi connectivity index (χ0v) is 14.0. The standard InChI is InChI=1S/C16H24N4O4/c1-2-23-10-14(21)20-6-5-13-12(9-20)15(19-18-13)16(22)17-8-11-4-3-7-24-11/h11H,2-10H2,1H3,(H,17,22)(H,18,19). The average molecular weight is 336 g/mol. The zero-order chi connectivity index (χ0) is 16.9. The lowest BCUT2D eigenvalue weighted by Gasteiger charge is -2.27. The number of carbonyl (C=O) groups excluding carboxylic acids is 2. The molecule has 2 amide bonds. The number of hydrogen-bond acceptors (Lipinski definition) is 5. The van der Waals surface area contributed by atoms with E-state index in [0.29, 0.717) is 38.4 Å². The van der Waals surface area contributed by atoms with Gasteiger partial charge in [-0.05, 0) is 19.8 Å². The second-order valence-electron chi connectivity index (χ2n) is 6.08. The van der Waals surface area contributed by atoms with Gasteiger partial charge in [0.2, 0.25) is 5.91 Å². The van der Waals surface area contributed by atoms with Gasteiger partial charge < -0.3 is 19.7 Å². The fraction of sp³-hybridized carbons (Fsp3) is 0.688. The van der Waals surface area contributed by atoms with Crippen LogP contribution >= 0.6 is 0 Å². The number of nitrogens with one attached hydrogen (secondary N) is 2. The number of nitrogens with zero attached hydrogens (tertiary/aromatic N) is 2. The van der Waals surface area contributed by atoms with E-state index in [1.165, 1.54) is 0 Å². The predicted molar refractivity (Wildman–Crippen MR) is 85.5 cm³/mol. The number of aromatic nitrogens is 2. The molecule has 1 unspecified atom stereocenters. The molecule has 1 aromatic rings. The van der Waals surface area contributed by atoms with Crippen molar-refractivity contribution in [3.05, 3.63) is 17.0 Å². The molecule has 2 aliphatic heterocycles. The summed E-state index contributed by atoms with van der Waals surface area (Å²) in [6.07, 6.45) is 2.76. The smallest absolute Gasteiger partial charge is 0.272 e. The van der Waals surface area contributed by atoms with E-state index in [2.05, 4.69) is 15.5 Å². The highest BCUT2D eigenvalue weighted by Gasteiger charge is 2.28. The quantitative estimate of drug-likeness (QED) is 0.776. The fourth-order valence-corrected chi connectivity index (χ4v) is 3.07. The van der Waals surface area contributed by atoms with Crippen molar-refractivity contribution in [3.63, 3.8) is 0 Å². The number of rotatable bonds is 6. The van der Waals surface area contributed by atoms with Crippen LogP contribution in [0.25, 0.3) is 0 Å². The van der Waals surface area contributed by atoms with E-state index in [-0.39, 0.29) is 24.5 Å². The van der Waals surface area contributed by atoms with Crippen molar-refractivity contribution in [1.29, 1.82) is 0 Å². The molecule has 8 heteroatoms. The second kappa shape index (κ2) is 7.76. The van der Waals surface area contributed by atoms with Crippen molar-refractivity contribution < 1.29 is 19.1 Å². The van der Waals surface area contributed by atoms with Crippen molar-refractivity contribution in [2.45, 2.75) is 38.8 Å². The first-order valence-electron chi connectivity index (χ1n) is 8.50. The third-order valence-corrected chi connectivity index (χ3v) is 4.45. The molecule has 8 nitrogen and oxygen atoms in total. The van der Waals surface area contributed by atoms with Gasteiger partial charge in [-0.25, -0.2) is 0 Å². The lowest BCUT2D eigenvalue weighted by Crippen LogP contribution is -2.39. The molecule has 0 spiro atoms. The van der Waals surface area contributed by atoms with E-state index in [1.807, 2.05) is 6.92 Å². The highest BCUT2D eigenvalue weighted by atomic mass is 16.5. The summed E-state index contributed by atoms with van der Waals surface area (Å²) in [5.74, 6) is -0.281. The van der Waals surface area contributed by atoms with Gasteiger partial charge in [0.25, 0.3) is 5.91 Å². The maximum atomic E-state index is 12.4. The third-order valence-electron chi connectivity index (χ3n) is 4.45. The van der Waals surface area contributed by atoms with Crippen LogP contribution in [-0.2, 0) is 27.2 Å². The van der Waals surface area contributed by atoms with Crippen LogP contribution in [0.5, 0.6) is 0 Å². The number of carbonyl (C=O) groups is 2. The summed E-state index contributed by atoms with van der Waals surface area (Å²) in [5, 5.41) is 9.96. The number of fused-ring (bicyclic) bond motifs is 1. The van der Waals surface area contributed by atoms with E-state index < -0.39 is 0 Å². The van der Waals surface area contributed by atoms with Gasteiger partial charge in [-0.2, -0.15) is 5.10 Å². The maximum Gasteiger partial charge on any atom is 0.272 e. The molecule has 1 saturated heterocycles. The third kappa shape index (κ3) is 3.76. The Hall–Kier alpha value is -1.93. The number of hydrogen-bond donors (Lipinski definition) is 2. The van der Waals surface area contributed by atoms with Crippen LogP contribution in [0.3, 0.4) is 0 Å². The lowest BCUT2D eigenvalue weighted by atomic mass is 10.0. The number of H-pyrrole nitrogens is 1. The van der Waals surface area contributed by atoms with Crippen LogP contribution in [-0.4, -0.2) is 65.9 Å². The first kappa shape index (κ1) is 16.9.